The van der Waals surface area contributed by atoms with Gasteiger partial charge in [0.1, 0.15) is 11.5 Å². The third kappa shape index (κ3) is 4.30. The van der Waals surface area contributed by atoms with E-state index >= 15 is 0 Å². The number of nitrogens with one attached hydrogen (secondary N) is 1. The number of alkyl halides is 3. The second-order valence-electron chi connectivity index (χ2n) is 5.12. The van der Waals surface area contributed by atoms with E-state index in [4.69, 9.17) is 4.42 Å². The lowest BCUT2D eigenvalue weighted by Crippen LogP contribution is -2.06. The number of furan rings is 1. The highest BCUT2D eigenvalue weighted by Crippen LogP contribution is 2.37. The molecule has 0 fully saturated rings. The fourth-order valence-corrected chi connectivity index (χ4v) is 2.47. The Bertz CT molecular complexity index is 886. The van der Waals surface area contributed by atoms with Gasteiger partial charge in [-0.2, -0.15) is 18.3 Å². The smallest absolute Gasteiger partial charge is 0.417 e. The van der Waals surface area contributed by atoms with E-state index in [0.29, 0.717) is 5.76 Å². The Hall–Kier alpha value is -2.54. The quantitative estimate of drug-likeness (QED) is 0.413. The molecule has 25 heavy (non-hydrogen) atoms. The summed E-state index contributed by atoms with van der Waals surface area (Å²) in [7, 11) is 0. The molecular weight excluding hydrogens is 397 g/mol. The summed E-state index contributed by atoms with van der Waals surface area (Å²) in [6, 6.07) is 15.7. The van der Waals surface area contributed by atoms with Crippen LogP contribution in [0.3, 0.4) is 0 Å². The van der Waals surface area contributed by atoms with E-state index in [-0.39, 0.29) is 11.3 Å². The average Bonchev–Trinajstić information content (AvgIpc) is 3.05. The van der Waals surface area contributed by atoms with Crippen molar-refractivity contribution in [3.63, 3.8) is 0 Å². The van der Waals surface area contributed by atoms with E-state index in [2.05, 4.69) is 26.5 Å². The van der Waals surface area contributed by atoms with E-state index in [9.17, 15) is 13.2 Å². The van der Waals surface area contributed by atoms with Gasteiger partial charge in [0.2, 0.25) is 0 Å². The number of halogens is 4. The van der Waals surface area contributed by atoms with Crippen molar-refractivity contribution in [2.75, 3.05) is 5.43 Å². The molecule has 0 aliphatic heterocycles. The zero-order valence-corrected chi connectivity index (χ0v) is 14.3. The molecule has 0 radical (unpaired) electrons. The van der Waals surface area contributed by atoms with Crippen LogP contribution < -0.4 is 5.43 Å². The summed E-state index contributed by atoms with van der Waals surface area (Å²) in [5.74, 6) is 0.481. The van der Waals surface area contributed by atoms with Gasteiger partial charge in [-0.05, 0) is 42.5 Å². The zero-order valence-electron chi connectivity index (χ0n) is 12.7. The van der Waals surface area contributed by atoms with Crippen LogP contribution >= 0.6 is 15.9 Å². The van der Waals surface area contributed by atoms with Crippen molar-refractivity contribution >= 4 is 27.8 Å². The molecule has 3 aromatic rings. The van der Waals surface area contributed by atoms with Crippen LogP contribution in [0.15, 0.2) is 74.7 Å². The van der Waals surface area contributed by atoms with Gasteiger partial charge in [0.15, 0.2) is 0 Å². The van der Waals surface area contributed by atoms with Gasteiger partial charge in [0.25, 0.3) is 0 Å². The summed E-state index contributed by atoms with van der Waals surface area (Å²) >= 11 is 3.33. The molecular formula is C18H12BrF3N2O. The van der Waals surface area contributed by atoms with E-state index in [1.165, 1.54) is 30.5 Å². The molecule has 0 aliphatic rings. The van der Waals surface area contributed by atoms with E-state index in [0.717, 1.165) is 16.2 Å². The van der Waals surface area contributed by atoms with Gasteiger partial charge >= 0.3 is 6.18 Å². The number of hydrogen-bond donors (Lipinski definition) is 1. The SMILES string of the molecule is FC(F)(F)c1ccccc1-c1ccc(/C=N\Nc2ccc(Br)cc2)o1. The van der Waals surface area contributed by atoms with Crippen molar-refractivity contribution in [1.29, 1.82) is 0 Å². The Morgan fingerprint density at radius 3 is 2.40 bits per heavy atom. The number of anilines is 1. The lowest BCUT2D eigenvalue weighted by molar-refractivity contribution is -0.137. The minimum atomic E-state index is -4.44. The summed E-state index contributed by atoms with van der Waals surface area (Å²) in [6.45, 7) is 0. The first-order chi connectivity index (χ1) is 11.9. The summed E-state index contributed by atoms with van der Waals surface area (Å²) < 4.78 is 45.6. The molecule has 0 atom stereocenters. The highest BCUT2D eigenvalue weighted by atomic mass is 79.9. The predicted octanol–water partition coefficient (Wildman–Crippen LogP) is 6.17. The Labute approximate surface area is 150 Å². The van der Waals surface area contributed by atoms with Gasteiger partial charge in [-0.1, -0.05) is 34.1 Å². The van der Waals surface area contributed by atoms with Crippen molar-refractivity contribution in [3.05, 3.63) is 76.5 Å². The van der Waals surface area contributed by atoms with Crippen LogP contribution in [0.2, 0.25) is 0 Å². The Morgan fingerprint density at radius 2 is 1.68 bits per heavy atom. The maximum Gasteiger partial charge on any atom is 0.417 e. The van der Waals surface area contributed by atoms with Gasteiger partial charge < -0.3 is 4.42 Å². The molecule has 0 amide bonds. The predicted molar refractivity (Wildman–Crippen MR) is 94.5 cm³/mol. The van der Waals surface area contributed by atoms with Gasteiger partial charge in [0.05, 0.1) is 17.5 Å². The van der Waals surface area contributed by atoms with Crippen LogP contribution in [-0.4, -0.2) is 6.21 Å². The minimum absolute atomic E-state index is 0.00415. The molecule has 0 saturated heterocycles. The van der Waals surface area contributed by atoms with Crippen LogP contribution in [0.5, 0.6) is 0 Å². The molecule has 1 aromatic heterocycles. The summed E-state index contributed by atoms with van der Waals surface area (Å²) in [5, 5.41) is 4.01. The first kappa shape index (κ1) is 17.3. The summed E-state index contributed by atoms with van der Waals surface area (Å²) in [4.78, 5) is 0. The highest BCUT2D eigenvalue weighted by molar-refractivity contribution is 9.10. The first-order valence-corrected chi connectivity index (χ1v) is 8.04. The monoisotopic (exact) mass is 408 g/mol. The molecule has 0 unspecified atom stereocenters. The Balaban J connectivity index is 1.77. The number of hydrogen-bond acceptors (Lipinski definition) is 3. The number of hydrazone groups is 1. The average molecular weight is 409 g/mol. The molecule has 3 rings (SSSR count). The van der Waals surface area contributed by atoms with Crippen molar-refractivity contribution in [2.24, 2.45) is 5.10 Å². The fraction of sp³-hybridized carbons (Fsp3) is 0.0556. The topological polar surface area (TPSA) is 37.5 Å². The molecule has 0 aliphatic carbocycles. The fourth-order valence-electron chi connectivity index (χ4n) is 2.21. The number of nitrogens with zero attached hydrogens (tertiary/aromatic N) is 1. The van der Waals surface area contributed by atoms with E-state index in [1.807, 2.05) is 24.3 Å². The minimum Gasteiger partial charge on any atom is -0.455 e. The van der Waals surface area contributed by atoms with Crippen LogP contribution in [0.25, 0.3) is 11.3 Å². The van der Waals surface area contributed by atoms with Crippen molar-refractivity contribution in [2.45, 2.75) is 6.18 Å². The Morgan fingerprint density at radius 1 is 0.960 bits per heavy atom. The van der Waals surface area contributed by atoms with Crippen molar-refractivity contribution in [3.8, 4) is 11.3 Å². The second kappa shape index (κ2) is 7.14. The maximum absolute atomic E-state index is 13.1. The standard InChI is InChI=1S/C18H12BrF3N2O/c19-12-5-7-13(8-6-12)24-23-11-14-9-10-17(25-14)15-3-1-2-4-16(15)18(20,21)22/h1-11,24H/b23-11-. The molecule has 0 spiro atoms. The van der Waals surface area contributed by atoms with Crippen LogP contribution in [0.4, 0.5) is 18.9 Å². The number of rotatable bonds is 4. The van der Waals surface area contributed by atoms with Crippen LogP contribution in [0, 0.1) is 0 Å². The van der Waals surface area contributed by atoms with Gasteiger partial charge in [-0.15, -0.1) is 0 Å². The zero-order chi connectivity index (χ0) is 17.9. The third-order valence-electron chi connectivity index (χ3n) is 3.35. The Kier molecular flexibility index (Phi) is 4.94. The van der Waals surface area contributed by atoms with Crippen LogP contribution in [0.1, 0.15) is 11.3 Å². The molecule has 1 heterocycles. The summed E-state index contributed by atoms with van der Waals surface area (Å²) in [6.07, 6.45) is -3.04. The normalized spacial score (nSPS) is 11.8. The molecule has 2 aromatic carbocycles. The van der Waals surface area contributed by atoms with Crippen molar-refractivity contribution in [1.82, 2.24) is 0 Å². The van der Waals surface area contributed by atoms with E-state index < -0.39 is 11.7 Å². The first-order valence-electron chi connectivity index (χ1n) is 7.24. The lowest BCUT2D eigenvalue weighted by Gasteiger charge is -2.10. The summed E-state index contributed by atoms with van der Waals surface area (Å²) in [5.41, 5.74) is 2.85. The number of benzene rings is 2. The van der Waals surface area contributed by atoms with Crippen LogP contribution in [-0.2, 0) is 6.18 Å². The van der Waals surface area contributed by atoms with Gasteiger partial charge in [-0.25, -0.2) is 0 Å². The van der Waals surface area contributed by atoms with E-state index in [1.54, 1.807) is 6.07 Å². The largest absolute Gasteiger partial charge is 0.455 e. The third-order valence-corrected chi connectivity index (χ3v) is 3.88. The van der Waals surface area contributed by atoms with Gasteiger partial charge in [0, 0.05) is 10.0 Å². The maximum atomic E-state index is 13.1. The molecule has 3 nitrogen and oxygen atoms in total. The second-order valence-corrected chi connectivity index (χ2v) is 6.04. The molecule has 0 saturated carbocycles. The molecule has 7 heteroatoms. The molecule has 128 valence electrons. The van der Waals surface area contributed by atoms with Gasteiger partial charge in [-0.3, -0.25) is 5.43 Å². The highest BCUT2D eigenvalue weighted by Gasteiger charge is 2.34. The molecule has 1 N–H and O–H groups in total. The van der Waals surface area contributed by atoms with Crippen molar-refractivity contribution < 1.29 is 17.6 Å². The molecule has 0 bridgehead atoms. The lowest BCUT2D eigenvalue weighted by atomic mass is 10.1.